The van der Waals surface area contributed by atoms with Crippen LogP contribution in [0.3, 0.4) is 0 Å². The molecule has 1 aliphatic rings. The van der Waals surface area contributed by atoms with Crippen molar-refractivity contribution in [3.8, 4) is 0 Å². The van der Waals surface area contributed by atoms with Crippen LogP contribution in [0.15, 0.2) is 42.5 Å². The van der Waals surface area contributed by atoms with Gasteiger partial charge in [0.25, 0.3) is 11.8 Å². The zero-order valence-corrected chi connectivity index (χ0v) is 14.5. The SMILES string of the molecule is COCC(=O)N1CCc2ccc(NC(=O)c3ccccc3C(F)(F)F)cc21. The molecule has 1 N–H and O–H groups in total. The van der Waals surface area contributed by atoms with Crippen molar-refractivity contribution in [3.63, 3.8) is 0 Å². The molecule has 8 heteroatoms. The van der Waals surface area contributed by atoms with Gasteiger partial charge in [0.05, 0.1) is 11.1 Å². The number of hydrogen-bond donors (Lipinski definition) is 1. The Balaban J connectivity index is 1.85. The van der Waals surface area contributed by atoms with E-state index in [4.69, 9.17) is 4.74 Å². The Morgan fingerprint density at radius 1 is 1.19 bits per heavy atom. The second-order valence-electron chi connectivity index (χ2n) is 6.07. The van der Waals surface area contributed by atoms with E-state index in [1.807, 2.05) is 0 Å². The zero-order chi connectivity index (χ0) is 19.6. The van der Waals surface area contributed by atoms with Crippen LogP contribution in [0, 0.1) is 0 Å². The maximum absolute atomic E-state index is 13.1. The van der Waals surface area contributed by atoms with Crippen LogP contribution in [-0.4, -0.2) is 32.1 Å². The lowest BCUT2D eigenvalue weighted by atomic mass is 10.1. The summed E-state index contributed by atoms with van der Waals surface area (Å²) in [5.74, 6) is -1.09. The summed E-state index contributed by atoms with van der Waals surface area (Å²) in [5.41, 5.74) is 0.401. The fourth-order valence-electron chi connectivity index (χ4n) is 3.04. The summed E-state index contributed by atoms with van der Waals surface area (Å²) in [6.45, 7) is 0.417. The smallest absolute Gasteiger partial charge is 0.375 e. The second kappa shape index (κ2) is 7.40. The summed E-state index contributed by atoms with van der Waals surface area (Å²) >= 11 is 0. The number of nitrogens with zero attached hydrogens (tertiary/aromatic N) is 1. The molecule has 0 atom stereocenters. The first-order valence-corrected chi connectivity index (χ1v) is 8.21. The number of halogens is 3. The molecule has 0 aromatic heterocycles. The largest absolute Gasteiger partial charge is 0.417 e. The fraction of sp³-hybridized carbons (Fsp3) is 0.263. The van der Waals surface area contributed by atoms with E-state index in [0.29, 0.717) is 24.3 Å². The third kappa shape index (κ3) is 3.95. The van der Waals surface area contributed by atoms with Gasteiger partial charge in [0.1, 0.15) is 6.61 Å². The van der Waals surface area contributed by atoms with Crippen LogP contribution in [0.5, 0.6) is 0 Å². The number of anilines is 2. The Labute approximate surface area is 153 Å². The van der Waals surface area contributed by atoms with E-state index >= 15 is 0 Å². The van der Waals surface area contributed by atoms with E-state index in [1.165, 1.54) is 24.1 Å². The monoisotopic (exact) mass is 378 g/mol. The summed E-state index contributed by atoms with van der Waals surface area (Å²) in [6.07, 6.45) is -3.97. The Hall–Kier alpha value is -2.87. The standard InChI is InChI=1S/C19H17F3N2O3/c1-27-11-17(25)24-9-8-12-6-7-13(10-16(12)24)23-18(26)14-4-2-3-5-15(14)19(20,21)22/h2-7,10H,8-9,11H2,1H3,(H,23,26). The number of rotatable bonds is 4. The molecule has 0 fully saturated rings. The molecular formula is C19H17F3N2O3. The lowest BCUT2D eigenvalue weighted by molar-refractivity contribution is -0.137. The molecule has 0 bridgehead atoms. The molecule has 3 rings (SSSR count). The van der Waals surface area contributed by atoms with Gasteiger partial charge >= 0.3 is 6.18 Å². The quantitative estimate of drug-likeness (QED) is 0.886. The number of hydrogen-bond acceptors (Lipinski definition) is 3. The molecule has 0 saturated carbocycles. The number of carbonyl (C=O) groups is 2. The van der Waals surface area contributed by atoms with Crippen molar-refractivity contribution in [1.82, 2.24) is 0 Å². The number of fused-ring (bicyclic) bond motifs is 1. The van der Waals surface area contributed by atoms with Crippen molar-refractivity contribution in [2.75, 3.05) is 30.5 Å². The average molecular weight is 378 g/mol. The molecule has 142 valence electrons. The van der Waals surface area contributed by atoms with Gasteiger partial charge in [-0.15, -0.1) is 0 Å². The Bertz CT molecular complexity index is 881. The molecule has 27 heavy (non-hydrogen) atoms. The summed E-state index contributed by atoms with van der Waals surface area (Å²) < 4.78 is 44.2. The Kier molecular flexibility index (Phi) is 5.18. The van der Waals surface area contributed by atoms with Crippen molar-refractivity contribution in [2.45, 2.75) is 12.6 Å². The number of methoxy groups -OCH3 is 1. The summed E-state index contributed by atoms with van der Waals surface area (Å²) in [4.78, 5) is 26.0. The van der Waals surface area contributed by atoms with Crippen LogP contribution < -0.4 is 10.2 Å². The zero-order valence-electron chi connectivity index (χ0n) is 14.5. The molecule has 5 nitrogen and oxygen atoms in total. The third-order valence-electron chi connectivity index (χ3n) is 4.28. The van der Waals surface area contributed by atoms with Crippen molar-refractivity contribution in [3.05, 3.63) is 59.2 Å². The van der Waals surface area contributed by atoms with Crippen LogP contribution >= 0.6 is 0 Å². The van der Waals surface area contributed by atoms with Gasteiger partial charge < -0.3 is 15.0 Å². The minimum absolute atomic E-state index is 0.0744. The fourth-order valence-corrected chi connectivity index (χ4v) is 3.04. The third-order valence-corrected chi connectivity index (χ3v) is 4.28. The van der Waals surface area contributed by atoms with E-state index < -0.39 is 23.2 Å². The first kappa shape index (κ1) is 18.9. The molecule has 0 aliphatic carbocycles. The highest BCUT2D eigenvalue weighted by Crippen LogP contribution is 2.33. The average Bonchev–Trinajstić information content (AvgIpc) is 3.04. The Morgan fingerprint density at radius 2 is 1.93 bits per heavy atom. The molecular weight excluding hydrogens is 361 g/mol. The first-order chi connectivity index (χ1) is 12.8. The number of carbonyl (C=O) groups excluding carboxylic acids is 2. The number of nitrogens with one attached hydrogen (secondary N) is 1. The maximum atomic E-state index is 13.1. The van der Waals surface area contributed by atoms with E-state index in [0.717, 1.165) is 17.7 Å². The molecule has 0 radical (unpaired) electrons. The van der Waals surface area contributed by atoms with Crippen LogP contribution in [-0.2, 0) is 22.1 Å². The van der Waals surface area contributed by atoms with Crippen molar-refractivity contribution in [2.24, 2.45) is 0 Å². The number of ether oxygens (including phenoxy) is 1. The van der Waals surface area contributed by atoms with Crippen LogP contribution in [0.4, 0.5) is 24.5 Å². The van der Waals surface area contributed by atoms with E-state index in [9.17, 15) is 22.8 Å². The minimum atomic E-state index is -4.63. The minimum Gasteiger partial charge on any atom is -0.375 e. The van der Waals surface area contributed by atoms with Gasteiger partial charge in [-0.3, -0.25) is 9.59 Å². The second-order valence-corrected chi connectivity index (χ2v) is 6.07. The van der Waals surface area contributed by atoms with E-state index in [2.05, 4.69) is 5.32 Å². The molecule has 2 aromatic rings. The van der Waals surface area contributed by atoms with Crippen LogP contribution in [0.25, 0.3) is 0 Å². The van der Waals surface area contributed by atoms with Gasteiger partial charge in [0.15, 0.2) is 0 Å². The van der Waals surface area contributed by atoms with Gasteiger partial charge in [-0.05, 0) is 36.2 Å². The summed E-state index contributed by atoms with van der Waals surface area (Å²) in [7, 11) is 1.42. The molecule has 0 unspecified atom stereocenters. The molecule has 1 aliphatic heterocycles. The Morgan fingerprint density at radius 3 is 2.63 bits per heavy atom. The van der Waals surface area contributed by atoms with Gasteiger partial charge in [0, 0.05) is 25.0 Å². The lowest BCUT2D eigenvalue weighted by Gasteiger charge is -2.18. The normalized spacial score (nSPS) is 13.4. The molecule has 2 aromatic carbocycles. The van der Waals surface area contributed by atoms with Gasteiger partial charge in [-0.25, -0.2) is 0 Å². The van der Waals surface area contributed by atoms with Crippen molar-refractivity contribution in [1.29, 1.82) is 0 Å². The van der Waals surface area contributed by atoms with Gasteiger partial charge in [0.2, 0.25) is 0 Å². The van der Waals surface area contributed by atoms with Gasteiger partial charge in [-0.1, -0.05) is 18.2 Å². The highest BCUT2D eigenvalue weighted by atomic mass is 19.4. The molecule has 2 amide bonds. The molecule has 0 spiro atoms. The topological polar surface area (TPSA) is 58.6 Å². The van der Waals surface area contributed by atoms with Crippen molar-refractivity contribution >= 4 is 23.2 Å². The van der Waals surface area contributed by atoms with Crippen molar-refractivity contribution < 1.29 is 27.5 Å². The number of alkyl halides is 3. The number of amides is 2. The number of benzene rings is 2. The lowest BCUT2D eigenvalue weighted by Crippen LogP contribution is -2.32. The molecule has 1 heterocycles. The maximum Gasteiger partial charge on any atom is 0.417 e. The van der Waals surface area contributed by atoms with E-state index in [1.54, 1.807) is 18.2 Å². The van der Waals surface area contributed by atoms with Crippen LogP contribution in [0.2, 0.25) is 0 Å². The predicted molar refractivity (Wildman–Crippen MR) is 93.8 cm³/mol. The van der Waals surface area contributed by atoms with Crippen LogP contribution in [0.1, 0.15) is 21.5 Å². The molecule has 0 saturated heterocycles. The van der Waals surface area contributed by atoms with E-state index in [-0.39, 0.29) is 12.5 Å². The predicted octanol–water partition coefficient (Wildman–Crippen LogP) is 3.49. The highest BCUT2D eigenvalue weighted by Gasteiger charge is 2.35. The first-order valence-electron chi connectivity index (χ1n) is 8.21. The van der Waals surface area contributed by atoms with Gasteiger partial charge in [-0.2, -0.15) is 13.2 Å². The highest BCUT2D eigenvalue weighted by molar-refractivity contribution is 6.06. The summed E-state index contributed by atoms with van der Waals surface area (Å²) in [6, 6.07) is 9.54. The summed E-state index contributed by atoms with van der Waals surface area (Å²) in [5, 5.41) is 2.48.